The fourth-order valence-corrected chi connectivity index (χ4v) is 13.4. The summed E-state index contributed by atoms with van der Waals surface area (Å²) in [6.45, 7) is 12.6. The molecule has 0 saturated carbocycles. The number of rotatable bonds is 17. The predicted molar refractivity (Wildman–Crippen MR) is 306 cm³/mol. The number of β-amino-alcohol motifs (C(OH)–C–C–N with tert-alkyl or cyclic N) is 2. The Morgan fingerprint density at radius 3 is 2.23 bits per heavy atom. The van der Waals surface area contributed by atoms with Crippen LogP contribution in [0.2, 0.25) is 0 Å². The number of piperazine rings is 1. The second-order valence-corrected chi connectivity index (χ2v) is 25.5. The highest BCUT2D eigenvalue weighted by molar-refractivity contribution is 7.90. The molecule has 0 bridgehead atoms. The van der Waals surface area contributed by atoms with E-state index in [1.165, 1.54) is 11.1 Å². The standard InChI is InChI=1S/C58H68F3N11O8S2/c1-34-53(81-33-65-34)38-7-5-35(6-8-38)25-64-56(77)47-24-41(73)29-72(47)57(78)54(58(2,3)4)66-49(75)32-68-17-15-36(16-18-68)28-69-19-21-70(22-20-69)40-11-9-37(10-12-40)39-23-42-43(27-63-55(42)62-26-39)52(76)50-44(59)13-14-46(51(50)61)67-82(79,80)71-30-45(60)48(74)31-71/h5-14,23,26-27,33,36,41,45,47-48,54,67,73-74H,15-22,24-25,28-32H2,1-4H3,(H,62,63)(H,64,77)(H,66,75)/t41-,45+,47+,48+,54?/m1/s1. The van der Waals surface area contributed by atoms with Crippen molar-refractivity contribution in [2.24, 2.45) is 11.3 Å². The number of carbonyl (C=O) groups is 4. The maximum absolute atomic E-state index is 15.9. The number of H-pyrrole nitrogens is 1. The highest BCUT2D eigenvalue weighted by Crippen LogP contribution is 2.33. The average Bonchev–Trinajstić information content (AvgIpc) is 4.18. The predicted octanol–water partition coefficient (Wildman–Crippen LogP) is 5.49. The summed E-state index contributed by atoms with van der Waals surface area (Å²) in [5.74, 6) is -4.30. The molecule has 5 atom stereocenters. The van der Waals surface area contributed by atoms with Gasteiger partial charge in [0, 0.05) is 99.9 Å². The molecule has 24 heteroatoms. The van der Waals surface area contributed by atoms with Crippen molar-refractivity contribution in [3.8, 4) is 21.6 Å². The molecular weight excluding hydrogens is 1100 g/mol. The van der Waals surface area contributed by atoms with Gasteiger partial charge in [-0.2, -0.15) is 12.7 Å². The quantitative estimate of drug-likeness (QED) is 0.0622. The first-order chi connectivity index (χ1) is 39.1. The minimum absolute atomic E-state index is 0.00393. The SMILES string of the molecule is Cc1ncsc1-c1ccc(CNC(=O)[C@@H]2C[C@@H](O)CN2C(=O)C(NC(=O)CN2CCC(CN3CCN(c4ccc(-c5cnc6[nH]cc(C(=O)c7c(F)ccc(NS(=O)(=O)N8C[C@H](O)[C@@H](F)C8)c7F)c6c5)cc4)CC3)CC2)C(C)(C)C)cc1. The van der Waals surface area contributed by atoms with Gasteiger partial charge in [0.2, 0.25) is 23.5 Å². The molecule has 4 saturated heterocycles. The molecule has 6 aromatic rings. The number of pyridine rings is 1. The molecule has 3 aromatic carbocycles. The first-order valence-electron chi connectivity index (χ1n) is 27.5. The van der Waals surface area contributed by atoms with Crippen molar-refractivity contribution in [1.29, 1.82) is 0 Å². The normalized spacial score (nSPS) is 21.0. The van der Waals surface area contributed by atoms with E-state index in [9.17, 15) is 42.2 Å². The maximum Gasteiger partial charge on any atom is 0.301 e. The number of hydrogen-bond acceptors (Lipinski definition) is 14. The second kappa shape index (κ2) is 24.2. The van der Waals surface area contributed by atoms with E-state index in [1.54, 1.807) is 23.6 Å². The first-order valence-corrected chi connectivity index (χ1v) is 29.9. The number of aliphatic hydroxyl groups is 2. The van der Waals surface area contributed by atoms with Gasteiger partial charge in [-0.3, -0.25) is 33.7 Å². The summed E-state index contributed by atoms with van der Waals surface area (Å²) in [6.07, 6.45) is 0.591. The summed E-state index contributed by atoms with van der Waals surface area (Å²) in [4.78, 5) is 76.4. The summed E-state index contributed by atoms with van der Waals surface area (Å²) < 4.78 is 73.3. The van der Waals surface area contributed by atoms with E-state index in [2.05, 4.69) is 40.3 Å². The molecule has 436 valence electrons. The fraction of sp³-hybridized carbons (Fsp3) is 0.448. The Bertz CT molecular complexity index is 3430. The molecule has 82 heavy (non-hydrogen) atoms. The molecule has 0 aliphatic carbocycles. The number of nitrogens with one attached hydrogen (secondary N) is 4. The molecule has 0 radical (unpaired) electrons. The van der Waals surface area contributed by atoms with Gasteiger partial charge in [0.15, 0.2) is 5.82 Å². The van der Waals surface area contributed by atoms with Crippen LogP contribution in [-0.2, 0) is 31.1 Å². The van der Waals surface area contributed by atoms with E-state index in [4.69, 9.17) is 0 Å². The number of aliphatic hydroxyl groups excluding tert-OH is 2. The summed E-state index contributed by atoms with van der Waals surface area (Å²) in [7, 11) is -4.57. The van der Waals surface area contributed by atoms with Crippen LogP contribution >= 0.6 is 11.3 Å². The number of anilines is 2. The van der Waals surface area contributed by atoms with Crippen molar-refractivity contribution >= 4 is 67.5 Å². The number of ketones is 1. The zero-order valence-corrected chi connectivity index (χ0v) is 47.7. The molecule has 7 heterocycles. The van der Waals surface area contributed by atoms with Crippen LogP contribution in [-0.4, -0.2) is 179 Å². The van der Waals surface area contributed by atoms with Crippen LogP contribution in [0, 0.1) is 29.9 Å². The molecule has 4 aliphatic heterocycles. The third kappa shape index (κ3) is 12.9. The Labute approximate surface area is 478 Å². The third-order valence-electron chi connectivity index (χ3n) is 16.1. The van der Waals surface area contributed by atoms with Gasteiger partial charge in [-0.25, -0.2) is 23.1 Å². The fourth-order valence-electron chi connectivity index (χ4n) is 11.4. The van der Waals surface area contributed by atoms with E-state index in [0.29, 0.717) is 15.8 Å². The number of benzene rings is 3. The van der Waals surface area contributed by atoms with Gasteiger partial charge >= 0.3 is 10.2 Å². The Hall–Kier alpha value is -6.80. The van der Waals surface area contributed by atoms with Crippen molar-refractivity contribution in [1.82, 2.24) is 44.6 Å². The minimum atomic E-state index is -4.57. The summed E-state index contributed by atoms with van der Waals surface area (Å²) in [5.41, 5.74) is 4.97. The van der Waals surface area contributed by atoms with Gasteiger partial charge in [-0.1, -0.05) is 57.2 Å². The highest BCUT2D eigenvalue weighted by Gasteiger charge is 2.45. The number of halogens is 3. The minimum Gasteiger partial charge on any atom is -0.391 e. The smallest absolute Gasteiger partial charge is 0.301 e. The number of aromatic amines is 1. The van der Waals surface area contributed by atoms with Crippen LogP contribution < -0.4 is 20.3 Å². The van der Waals surface area contributed by atoms with Crippen LogP contribution in [0.15, 0.2) is 84.6 Å². The number of aromatic nitrogens is 3. The van der Waals surface area contributed by atoms with E-state index < -0.39 is 93.8 Å². The second-order valence-electron chi connectivity index (χ2n) is 22.9. The molecular formula is C58H68F3N11O8S2. The summed E-state index contributed by atoms with van der Waals surface area (Å²) >= 11 is 1.57. The van der Waals surface area contributed by atoms with E-state index in [1.807, 2.05) is 86.5 Å². The Balaban J connectivity index is 0.679. The molecule has 3 aromatic heterocycles. The number of carbonyl (C=O) groups excluding carboxylic acids is 4. The topological polar surface area (TPSA) is 237 Å². The zero-order valence-electron chi connectivity index (χ0n) is 46.1. The molecule has 19 nitrogen and oxygen atoms in total. The van der Waals surface area contributed by atoms with Crippen LogP contribution in [0.1, 0.15) is 67.2 Å². The molecule has 4 fully saturated rings. The molecule has 4 aliphatic rings. The van der Waals surface area contributed by atoms with E-state index in [-0.39, 0.29) is 54.5 Å². The summed E-state index contributed by atoms with van der Waals surface area (Å²) in [6, 6.07) is 17.3. The van der Waals surface area contributed by atoms with Crippen molar-refractivity contribution < 1.29 is 51.0 Å². The van der Waals surface area contributed by atoms with Crippen LogP contribution in [0.25, 0.3) is 32.6 Å². The number of thiazole rings is 1. The number of nitrogens with zero attached hydrogens (tertiary/aromatic N) is 7. The number of aryl methyl sites for hydroxylation is 1. The Morgan fingerprint density at radius 1 is 0.866 bits per heavy atom. The van der Waals surface area contributed by atoms with Crippen molar-refractivity contribution in [3.63, 3.8) is 0 Å². The van der Waals surface area contributed by atoms with Crippen LogP contribution in [0.3, 0.4) is 0 Å². The van der Waals surface area contributed by atoms with Gasteiger partial charge < -0.3 is 35.6 Å². The van der Waals surface area contributed by atoms with Crippen LogP contribution in [0.4, 0.5) is 24.5 Å². The van der Waals surface area contributed by atoms with Gasteiger partial charge in [0.1, 0.15) is 35.8 Å². The van der Waals surface area contributed by atoms with Gasteiger partial charge in [-0.05, 0) is 91.2 Å². The third-order valence-corrected chi connectivity index (χ3v) is 18.5. The van der Waals surface area contributed by atoms with Crippen LogP contribution in [0.5, 0.6) is 0 Å². The molecule has 0 spiro atoms. The summed E-state index contributed by atoms with van der Waals surface area (Å²) in [5, 5.41) is 26.7. The number of hydrogen-bond donors (Lipinski definition) is 6. The monoisotopic (exact) mass is 1170 g/mol. The number of amides is 3. The van der Waals surface area contributed by atoms with Gasteiger partial charge in [-0.15, -0.1) is 11.3 Å². The van der Waals surface area contributed by atoms with Gasteiger partial charge in [0.05, 0.1) is 40.0 Å². The molecule has 6 N–H and O–H groups in total. The average molecular weight is 1170 g/mol. The maximum atomic E-state index is 15.9. The Morgan fingerprint density at radius 2 is 1.57 bits per heavy atom. The lowest BCUT2D eigenvalue weighted by Gasteiger charge is -2.40. The lowest BCUT2D eigenvalue weighted by Crippen LogP contribution is -2.59. The highest BCUT2D eigenvalue weighted by atomic mass is 32.2. The largest absolute Gasteiger partial charge is 0.391 e. The molecule has 3 amide bonds. The number of piperidine rings is 1. The number of fused-ring (bicyclic) bond motifs is 1. The van der Waals surface area contributed by atoms with Gasteiger partial charge in [0.25, 0.3) is 0 Å². The lowest BCUT2D eigenvalue weighted by atomic mass is 9.85. The molecule has 10 rings (SSSR count). The lowest BCUT2D eigenvalue weighted by molar-refractivity contribution is -0.144. The van der Waals surface area contributed by atoms with Crippen molar-refractivity contribution in [3.05, 3.63) is 119 Å². The Kier molecular flexibility index (Phi) is 17.2. The number of alkyl halides is 1. The van der Waals surface area contributed by atoms with E-state index in [0.717, 1.165) is 104 Å². The first kappa shape index (κ1) is 58.4. The van der Waals surface area contributed by atoms with Crippen molar-refractivity contribution in [2.45, 2.75) is 84.0 Å². The van der Waals surface area contributed by atoms with Crippen molar-refractivity contribution in [2.75, 3.05) is 81.6 Å². The zero-order chi connectivity index (χ0) is 58.2. The van der Waals surface area contributed by atoms with E-state index >= 15 is 8.78 Å². The molecule has 1 unspecified atom stereocenters. The number of likely N-dealkylation sites (tertiary alicyclic amines) is 2.